The summed E-state index contributed by atoms with van der Waals surface area (Å²) in [6, 6.07) is 4.62. The van der Waals surface area contributed by atoms with Crippen molar-refractivity contribution in [1.82, 2.24) is 10.3 Å². The maximum Gasteiger partial charge on any atom is 0.137 e. The van der Waals surface area contributed by atoms with E-state index in [1.807, 2.05) is 6.07 Å². The Morgan fingerprint density at radius 2 is 2.39 bits per heavy atom. The highest BCUT2D eigenvalue weighted by Gasteiger charge is 2.21. The minimum atomic E-state index is 0.569. The van der Waals surface area contributed by atoms with Crippen LogP contribution in [-0.4, -0.2) is 37.8 Å². The van der Waals surface area contributed by atoms with Crippen molar-refractivity contribution in [2.24, 2.45) is 0 Å². The summed E-state index contributed by atoms with van der Waals surface area (Å²) in [7, 11) is 1.67. The Morgan fingerprint density at radius 3 is 2.94 bits per heavy atom. The fraction of sp³-hybridized carbons (Fsp3) is 0.643. The first-order valence-electron chi connectivity index (χ1n) is 6.82. The Hall–Kier alpha value is -1.29. The van der Waals surface area contributed by atoms with Crippen LogP contribution in [0.1, 0.15) is 26.2 Å². The molecule has 1 saturated heterocycles. The third kappa shape index (κ3) is 3.13. The van der Waals surface area contributed by atoms with Gasteiger partial charge in [-0.05, 0) is 37.9 Å². The van der Waals surface area contributed by atoms with Gasteiger partial charge in [-0.25, -0.2) is 4.98 Å². The molecule has 4 nitrogen and oxygen atoms in total. The van der Waals surface area contributed by atoms with E-state index >= 15 is 0 Å². The van der Waals surface area contributed by atoms with Gasteiger partial charge in [-0.2, -0.15) is 0 Å². The van der Waals surface area contributed by atoms with Crippen LogP contribution in [0.15, 0.2) is 18.3 Å². The summed E-state index contributed by atoms with van der Waals surface area (Å²) >= 11 is 0. The number of ether oxygens (including phenoxy) is 1. The molecule has 2 heterocycles. The maximum absolute atomic E-state index is 5.16. The molecule has 0 saturated carbocycles. The van der Waals surface area contributed by atoms with E-state index in [-0.39, 0.29) is 0 Å². The van der Waals surface area contributed by atoms with Crippen LogP contribution >= 0.6 is 0 Å². The van der Waals surface area contributed by atoms with Gasteiger partial charge in [0, 0.05) is 19.1 Å². The fourth-order valence-corrected chi connectivity index (χ4v) is 2.49. The SMILES string of the molecule is CCCN(c1ccc(OC)cn1)C1CCCNC1. The van der Waals surface area contributed by atoms with Gasteiger partial charge in [-0.3, -0.25) is 0 Å². The molecule has 1 aliphatic rings. The molecule has 0 amide bonds. The number of methoxy groups -OCH3 is 1. The lowest BCUT2D eigenvalue weighted by Gasteiger charge is -2.35. The average molecular weight is 249 g/mol. The van der Waals surface area contributed by atoms with E-state index in [0.717, 1.165) is 37.6 Å². The number of hydrogen-bond donors (Lipinski definition) is 1. The van der Waals surface area contributed by atoms with Crippen LogP contribution in [-0.2, 0) is 0 Å². The molecule has 0 aliphatic carbocycles. The van der Waals surface area contributed by atoms with Crippen molar-refractivity contribution in [3.63, 3.8) is 0 Å². The zero-order chi connectivity index (χ0) is 12.8. The molecule has 1 aliphatic heterocycles. The van der Waals surface area contributed by atoms with Crippen LogP contribution in [0.3, 0.4) is 0 Å². The van der Waals surface area contributed by atoms with Gasteiger partial charge >= 0.3 is 0 Å². The quantitative estimate of drug-likeness (QED) is 0.866. The highest BCUT2D eigenvalue weighted by atomic mass is 16.5. The second kappa shape index (κ2) is 6.59. The molecule has 1 unspecified atom stereocenters. The molecule has 4 heteroatoms. The lowest BCUT2D eigenvalue weighted by molar-refractivity contribution is 0.411. The van der Waals surface area contributed by atoms with Crippen molar-refractivity contribution >= 4 is 5.82 Å². The number of piperidine rings is 1. The minimum absolute atomic E-state index is 0.569. The molecule has 1 N–H and O–H groups in total. The van der Waals surface area contributed by atoms with Crippen LogP contribution in [0, 0.1) is 0 Å². The molecule has 2 rings (SSSR count). The highest BCUT2D eigenvalue weighted by molar-refractivity contribution is 5.42. The van der Waals surface area contributed by atoms with E-state index in [4.69, 9.17) is 4.74 Å². The van der Waals surface area contributed by atoms with Gasteiger partial charge in [0.2, 0.25) is 0 Å². The number of hydrogen-bond acceptors (Lipinski definition) is 4. The van der Waals surface area contributed by atoms with E-state index in [0.29, 0.717) is 6.04 Å². The number of pyridine rings is 1. The van der Waals surface area contributed by atoms with E-state index in [2.05, 4.69) is 28.2 Å². The molecule has 18 heavy (non-hydrogen) atoms. The Labute approximate surface area is 109 Å². The van der Waals surface area contributed by atoms with E-state index in [1.165, 1.54) is 12.8 Å². The van der Waals surface area contributed by atoms with Crippen molar-refractivity contribution in [2.45, 2.75) is 32.2 Å². The van der Waals surface area contributed by atoms with Crippen LogP contribution < -0.4 is 15.0 Å². The third-order valence-electron chi connectivity index (χ3n) is 3.43. The van der Waals surface area contributed by atoms with Gasteiger partial charge in [0.05, 0.1) is 13.3 Å². The van der Waals surface area contributed by atoms with Crippen LogP contribution in [0.4, 0.5) is 5.82 Å². The van der Waals surface area contributed by atoms with E-state index in [9.17, 15) is 0 Å². The van der Waals surface area contributed by atoms with Crippen molar-refractivity contribution in [3.8, 4) is 5.75 Å². The Morgan fingerprint density at radius 1 is 1.50 bits per heavy atom. The summed E-state index contributed by atoms with van der Waals surface area (Å²) < 4.78 is 5.16. The van der Waals surface area contributed by atoms with Crippen molar-refractivity contribution in [2.75, 3.05) is 31.6 Å². The topological polar surface area (TPSA) is 37.4 Å². The molecular formula is C14H23N3O. The largest absolute Gasteiger partial charge is 0.495 e. The first kappa shape index (κ1) is 13.1. The Bertz CT molecular complexity index is 347. The summed E-state index contributed by atoms with van der Waals surface area (Å²) in [5.41, 5.74) is 0. The van der Waals surface area contributed by atoms with Crippen LogP contribution in [0.25, 0.3) is 0 Å². The molecular weight excluding hydrogens is 226 g/mol. The lowest BCUT2D eigenvalue weighted by atomic mass is 10.1. The third-order valence-corrected chi connectivity index (χ3v) is 3.43. The number of nitrogens with one attached hydrogen (secondary N) is 1. The molecule has 1 aromatic rings. The zero-order valence-electron chi connectivity index (χ0n) is 11.4. The van der Waals surface area contributed by atoms with Gasteiger partial charge in [0.25, 0.3) is 0 Å². The number of anilines is 1. The molecule has 0 bridgehead atoms. The minimum Gasteiger partial charge on any atom is -0.495 e. The summed E-state index contributed by atoms with van der Waals surface area (Å²) in [4.78, 5) is 6.94. The molecule has 0 radical (unpaired) electrons. The first-order chi connectivity index (χ1) is 8.85. The monoisotopic (exact) mass is 249 g/mol. The molecule has 1 fully saturated rings. The number of aromatic nitrogens is 1. The van der Waals surface area contributed by atoms with Crippen LogP contribution in [0.5, 0.6) is 5.75 Å². The summed E-state index contributed by atoms with van der Waals surface area (Å²) in [6.07, 6.45) is 5.44. The molecule has 0 aromatic carbocycles. The van der Waals surface area contributed by atoms with Crippen LogP contribution in [0.2, 0.25) is 0 Å². The average Bonchev–Trinajstić information content (AvgIpc) is 2.46. The van der Waals surface area contributed by atoms with Gasteiger partial charge in [0.1, 0.15) is 11.6 Å². The maximum atomic E-state index is 5.16. The smallest absolute Gasteiger partial charge is 0.137 e. The number of rotatable bonds is 5. The predicted octanol–water partition coefficient (Wildman–Crippen LogP) is 2.06. The first-order valence-corrected chi connectivity index (χ1v) is 6.82. The summed E-state index contributed by atoms with van der Waals surface area (Å²) in [6.45, 7) is 5.48. The summed E-state index contributed by atoms with van der Waals surface area (Å²) in [5.74, 6) is 1.88. The standard InChI is InChI=1S/C14H23N3O/c1-3-9-17(12-5-4-8-15-10-12)14-7-6-13(18-2)11-16-14/h6-7,11-12,15H,3-5,8-10H2,1-2H3. The summed E-state index contributed by atoms with van der Waals surface area (Å²) in [5, 5.41) is 3.47. The Kier molecular flexibility index (Phi) is 4.81. The van der Waals surface area contributed by atoms with E-state index in [1.54, 1.807) is 13.3 Å². The fourth-order valence-electron chi connectivity index (χ4n) is 2.49. The lowest BCUT2D eigenvalue weighted by Crippen LogP contribution is -2.46. The molecule has 1 atom stereocenters. The molecule has 0 spiro atoms. The van der Waals surface area contributed by atoms with Gasteiger partial charge in [0.15, 0.2) is 0 Å². The number of nitrogens with zero attached hydrogens (tertiary/aromatic N) is 2. The van der Waals surface area contributed by atoms with Crippen molar-refractivity contribution in [3.05, 3.63) is 18.3 Å². The predicted molar refractivity (Wildman–Crippen MR) is 74.3 cm³/mol. The Balaban J connectivity index is 2.11. The zero-order valence-corrected chi connectivity index (χ0v) is 11.4. The van der Waals surface area contributed by atoms with Crippen molar-refractivity contribution in [1.29, 1.82) is 0 Å². The normalized spacial score (nSPS) is 19.6. The molecule has 1 aromatic heterocycles. The highest BCUT2D eigenvalue weighted by Crippen LogP contribution is 2.21. The van der Waals surface area contributed by atoms with Gasteiger partial charge in [-0.1, -0.05) is 6.92 Å². The van der Waals surface area contributed by atoms with Gasteiger partial charge in [-0.15, -0.1) is 0 Å². The second-order valence-corrected chi connectivity index (χ2v) is 4.75. The van der Waals surface area contributed by atoms with Crippen molar-refractivity contribution < 1.29 is 4.74 Å². The molecule has 100 valence electrons. The van der Waals surface area contributed by atoms with Gasteiger partial charge < -0.3 is 15.0 Å². The van der Waals surface area contributed by atoms with E-state index < -0.39 is 0 Å². The second-order valence-electron chi connectivity index (χ2n) is 4.75.